The van der Waals surface area contributed by atoms with Gasteiger partial charge in [0.2, 0.25) is 0 Å². The first kappa shape index (κ1) is 21.2. The Morgan fingerprint density at radius 2 is 1.87 bits per heavy atom. The average molecular weight is 417 g/mol. The third-order valence-electron chi connectivity index (χ3n) is 6.35. The van der Waals surface area contributed by atoms with E-state index < -0.39 is 0 Å². The fraction of sp³-hybridized carbons (Fsp3) is 0.400. The minimum atomic E-state index is 0.645. The van der Waals surface area contributed by atoms with E-state index in [1.807, 2.05) is 24.4 Å². The summed E-state index contributed by atoms with van der Waals surface area (Å²) in [5.41, 5.74) is 13.2. The topological polar surface area (TPSA) is 90.9 Å². The minimum absolute atomic E-state index is 0.645. The summed E-state index contributed by atoms with van der Waals surface area (Å²) in [7, 11) is 0. The molecule has 1 aliphatic rings. The zero-order valence-electron chi connectivity index (χ0n) is 18.5. The highest BCUT2D eigenvalue weighted by atomic mass is 15.1. The second kappa shape index (κ2) is 9.43. The molecule has 0 spiro atoms. The first-order chi connectivity index (χ1) is 15.2. The van der Waals surface area contributed by atoms with Crippen LogP contribution >= 0.6 is 0 Å². The van der Waals surface area contributed by atoms with Gasteiger partial charge in [0.15, 0.2) is 0 Å². The molecular weight excluding hydrogens is 384 g/mol. The molecule has 6 nitrogen and oxygen atoms in total. The number of nitrogens with two attached hydrogens (primary N) is 1. The first-order valence-corrected chi connectivity index (χ1v) is 11.3. The second-order valence-corrected chi connectivity index (χ2v) is 8.12. The summed E-state index contributed by atoms with van der Waals surface area (Å²) in [6.07, 6.45) is 7.62. The van der Waals surface area contributed by atoms with Gasteiger partial charge >= 0.3 is 0 Å². The highest BCUT2D eigenvalue weighted by molar-refractivity contribution is 6.05. The van der Waals surface area contributed by atoms with E-state index in [0.717, 1.165) is 85.4 Å². The Morgan fingerprint density at radius 3 is 2.55 bits per heavy atom. The highest BCUT2D eigenvalue weighted by Gasteiger charge is 2.21. The van der Waals surface area contributed by atoms with Crippen molar-refractivity contribution in [3.8, 4) is 11.3 Å². The van der Waals surface area contributed by atoms with Gasteiger partial charge in [0.1, 0.15) is 5.82 Å². The molecule has 0 radical (unpaired) electrons. The van der Waals surface area contributed by atoms with Crippen LogP contribution in [-0.4, -0.2) is 47.3 Å². The molecule has 1 aromatic carbocycles. The summed E-state index contributed by atoms with van der Waals surface area (Å²) in [6.45, 7) is 8.39. The van der Waals surface area contributed by atoms with Crippen molar-refractivity contribution in [2.45, 2.75) is 39.5 Å². The molecule has 4 N–H and O–H groups in total. The number of likely N-dealkylation sites (N-methyl/N-ethyl adjacent to an activating group) is 1. The van der Waals surface area contributed by atoms with Crippen molar-refractivity contribution >= 4 is 28.6 Å². The number of nitrogens with one attached hydrogen (secondary N) is 2. The summed E-state index contributed by atoms with van der Waals surface area (Å²) in [5.74, 6) is 0.893. The van der Waals surface area contributed by atoms with Crippen LogP contribution in [0.4, 0.5) is 11.5 Å². The second-order valence-electron chi connectivity index (χ2n) is 8.12. The van der Waals surface area contributed by atoms with Crippen molar-refractivity contribution in [2.75, 3.05) is 37.2 Å². The number of hydrogen-bond donors (Lipinski definition) is 3. The number of benzene rings is 1. The molecule has 0 aliphatic heterocycles. The number of nitrogens with zero attached hydrogens (tertiary/aromatic N) is 3. The highest BCUT2D eigenvalue weighted by Crippen LogP contribution is 2.37. The van der Waals surface area contributed by atoms with Gasteiger partial charge in [0, 0.05) is 47.7 Å². The van der Waals surface area contributed by atoms with E-state index in [1.54, 1.807) is 0 Å². The Hall–Kier alpha value is -2.99. The van der Waals surface area contributed by atoms with E-state index >= 15 is 0 Å². The Morgan fingerprint density at radius 1 is 1.10 bits per heavy atom. The molecule has 0 saturated heterocycles. The molecule has 2 heterocycles. The minimum Gasteiger partial charge on any atom is -0.398 e. The van der Waals surface area contributed by atoms with Crippen LogP contribution in [0.2, 0.25) is 0 Å². The fourth-order valence-corrected chi connectivity index (χ4v) is 4.58. The molecule has 31 heavy (non-hydrogen) atoms. The van der Waals surface area contributed by atoms with Crippen LogP contribution in [0, 0.1) is 5.41 Å². The van der Waals surface area contributed by atoms with Gasteiger partial charge in [-0.15, -0.1) is 0 Å². The van der Waals surface area contributed by atoms with E-state index in [2.05, 4.69) is 35.1 Å². The molecule has 1 aliphatic carbocycles. The molecule has 0 fully saturated rings. The van der Waals surface area contributed by atoms with Crippen LogP contribution in [0.15, 0.2) is 30.5 Å². The van der Waals surface area contributed by atoms with Gasteiger partial charge in [0.05, 0.1) is 11.2 Å². The average Bonchev–Trinajstić information content (AvgIpc) is 2.82. The fourth-order valence-electron chi connectivity index (χ4n) is 4.58. The molecule has 0 unspecified atom stereocenters. The van der Waals surface area contributed by atoms with Crippen LogP contribution in [0.3, 0.4) is 0 Å². The number of hydrogen-bond acceptors (Lipinski definition) is 6. The molecule has 6 heteroatoms. The number of anilines is 2. The lowest BCUT2D eigenvalue weighted by atomic mass is 9.85. The van der Waals surface area contributed by atoms with Crippen molar-refractivity contribution in [1.29, 1.82) is 5.41 Å². The normalized spacial score (nSPS) is 13.4. The third kappa shape index (κ3) is 4.26. The predicted octanol–water partition coefficient (Wildman–Crippen LogP) is 4.51. The first-order valence-electron chi connectivity index (χ1n) is 11.3. The molecule has 0 saturated carbocycles. The zero-order chi connectivity index (χ0) is 21.8. The third-order valence-corrected chi connectivity index (χ3v) is 6.35. The van der Waals surface area contributed by atoms with Crippen LogP contribution in [0.5, 0.6) is 0 Å². The number of aryl methyl sites for hydroxylation is 1. The van der Waals surface area contributed by atoms with Crippen molar-refractivity contribution < 1.29 is 0 Å². The Kier molecular flexibility index (Phi) is 6.47. The lowest BCUT2D eigenvalue weighted by Gasteiger charge is -2.23. The molecular formula is C25H32N6. The maximum Gasteiger partial charge on any atom is 0.125 e. The maximum absolute atomic E-state index is 7.88. The summed E-state index contributed by atoms with van der Waals surface area (Å²) in [4.78, 5) is 12.1. The Balaban J connectivity index is 1.67. The van der Waals surface area contributed by atoms with E-state index in [4.69, 9.17) is 16.1 Å². The SMILES string of the molecule is CCN(CC)CCNc1ccc(-c2nc3ccc(N)c(C=N)c3c3c2CCCC3)cn1. The van der Waals surface area contributed by atoms with Gasteiger partial charge in [-0.25, -0.2) is 9.97 Å². The standard InChI is InChI=1S/C25H32N6/c1-3-31(4-2)14-13-28-23-12-9-17(16-29-23)25-19-8-6-5-7-18(19)24-20(15-26)21(27)10-11-22(24)30-25/h9-12,15-16,26H,3-8,13-14,27H2,1-2H3,(H,28,29). The number of aromatic nitrogens is 2. The number of rotatable bonds is 8. The van der Waals surface area contributed by atoms with E-state index in [0.29, 0.717) is 5.69 Å². The van der Waals surface area contributed by atoms with Gasteiger partial charge < -0.3 is 21.4 Å². The van der Waals surface area contributed by atoms with Crippen LogP contribution < -0.4 is 11.1 Å². The van der Waals surface area contributed by atoms with Crippen molar-refractivity contribution in [3.63, 3.8) is 0 Å². The predicted molar refractivity (Wildman–Crippen MR) is 130 cm³/mol. The number of pyridine rings is 2. The monoisotopic (exact) mass is 416 g/mol. The van der Waals surface area contributed by atoms with Crippen molar-refractivity contribution in [1.82, 2.24) is 14.9 Å². The van der Waals surface area contributed by atoms with Gasteiger partial charge in [-0.05, 0) is 74.2 Å². The van der Waals surface area contributed by atoms with Crippen molar-refractivity contribution in [2.24, 2.45) is 0 Å². The van der Waals surface area contributed by atoms with E-state index in [9.17, 15) is 0 Å². The summed E-state index contributed by atoms with van der Waals surface area (Å²) in [6, 6.07) is 8.00. The molecule has 162 valence electrons. The lowest BCUT2D eigenvalue weighted by molar-refractivity contribution is 0.316. The van der Waals surface area contributed by atoms with Gasteiger partial charge in [-0.2, -0.15) is 0 Å². The van der Waals surface area contributed by atoms with Crippen molar-refractivity contribution in [3.05, 3.63) is 47.2 Å². The largest absolute Gasteiger partial charge is 0.398 e. The summed E-state index contributed by atoms with van der Waals surface area (Å²) >= 11 is 0. The number of fused-ring (bicyclic) bond motifs is 3. The Bertz CT molecular complexity index is 1070. The van der Waals surface area contributed by atoms with E-state index in [1.165, 1.54) is 17.3 Å². The van der Waals surface area contributed by atoms with Gasteiger partial charge in [0.25, 0.3) is 0 Å². The summed E-state index contributed by atoms with van der Waals surface area (Å²) < 4.78 is 0. The molecule has 4 rings (SSSR count). The molecule has 0 amide bonds. The van der Waals surface area contributed by atoms with Crippen LogP contribution in [0.25, 0.3) is 22.2 Å². The maximum atomic E-state index is 7.88. The smallest absolute Gasteiger partial charge is 0.125 e. The zero-order valence-corrected chi connectivity index (χ0v) is 18.5. The van der Waals surface area contributed by atoms with Crippen LogP contribution in [0.1, 0.15) is 43.4 Å². The van der Waals surface area contributed by atoms with E-state index in [-0.39, 0.29) is 0 Å². The van der Waals surface area contributed by atoms with Crippen LogP contribution in [-0.2, 0) is 12.8 Å². The van der Waals surface area contributed by atoms with Gasteiger partial charge in [-0.3, -0.25) is 0 Å². The summed E-state index contributed by atoms with van der Waals surface area (Å²) in [5, 5.41) is 12.4. The molecule has 2 aromatic heterocycles. The van der Waals surface area contributed by atoms with Gasteiger partial charge in [-0.1, -0.05) is 13.8 Å². The lowest BCUT2D eigenvalue weighted by Crippen LogP contribution is -2.28. The molecule has 3 aromatic rings. The quantitative estimate of drug-likeness (QED) is 0.371. The molecule has 0 atom stereocenters. The number of nitrogen functional groups attached to an aromatic ring is 1. The molecule has 0 bridgehead atoms. The Labute approximate surface area is 184 Å².